The number of nitrogens with one attached hydrogen (secondary N) is 1. The molecule has 1 N–H and O–H groups in total. The summed E-state index contributed by atoms with van der Waals surface area (Å²) in [5.41, 5.74) is 1.75. The zero-order valence-corrected chi connectivity index (χ0v) is 14.8. The number of carbonyl (C=O) groups excluding carboxylic acids is 1. The van der Waals surface area contributed by atoms with E-state index in [0.29, 0.717) is 0 Å². The summed E-state index contributed by atoms with van der Waals surface area (Å²) in [5, 5.41) is 6.89. The van der Waals surface area contributed by atoms with Gasteiger partial charge >= 0.3 is 12.6 Å². The van der Waals surface area contributed by atoms with Crippen LogP contribution in [0.5, 0.6) is 0 Å². The van der Waals surface area contributed by atoms with Crippen molar-refractivity contribution in [3.05, 3.63) is 60.7 Å². The minimum atomic E-state index is -2.69. The third-order valence-corrected chi connectivity index (χ3v) is 4.10. The maximum absolute atomic E-state index is 12.9. The van der Waals surface area contributed by atoms with E-state index in [1.807, 2.05) is 31.2 Å². The lowest BCUT2D eigenvalue weighted by Crippen LogP contribution is -2.38. The largest absolute Gasteiger partial charge is 0.331 e. The predicted octanol–water partition coefficient (Wildman–Crippen LogP) is 2.76. The molecule has 0 aliphatic carbocycles. The summed E-state index contributed by atoms with van der Waals surface area (Å²) >= 11 is 0. The topological polar surface area (TPSA) is 80.9 Å². The van der Waals surface area contributed by atoms with Crippen molar-refractivity contribution in [1.82, 2.24) is 34.5 Å². The molecule has 0 saturated carbocycles. The van der Waals surface area contributed by atoms with Gasteiger partial charge in [-0.25, -0.2) is 19.4 Å². The highest BCUT2D eigenvalue weighted by molar-refractivity contribution is 5.74. The van der Waals surface area contributed by atoms with Gasteiger partial charge in [0, 0.05) is 19.4 Å². The molecule has 0 saturated heterocycles. The van der Waals surface area contributed by atoms with Gasteiger partial charge in [0.1, 0.15) is 18.5 Å². The van der Waals surface area contributed by atoms with Crippen LogP contribution in [0.3, 0.4) is 0 Å². The average Bonchev–Trinajstić information content (AvgIpc) is 3.33. The van der Waals surface area contributed by atoms with E-state index in [1.165, 1.54) is 30.7 Å². The van der Waals surface area contributed by atoms with Crippen molar-refractivity contribution in [3.8, 4) is 5.69 Å². The Morgan fingerprint density at radius 2 is 2.04 bits per heavy atom. The van der Waals surface area contributed by atoms with Crippen LogP contribution >= 0.6 is 0 Å². The molecule has 2 amide bonds. The van der Waals surface area contributed by atoms with Crippen molar-refractivity contribution in [2.24, 2.45) is 0 Å². The van der Waals surface area contributed by atoms with E-state index in [2.05, 4.69) is 20.4 Å². The van der Waals surface area contributed by atoms with Gasteiger partial charge in [0.25, 0.3) is 0 Å². The lowest BCUT2D eigenvalue weighted by atomic mass is 10.1. The van der Waals surface area contributed by atoms with Crippen LogP contribution < -0.4 is 5.32 Å². The minimum absolute atomic E-state index is 0.0267. The molecule has 0 aliphatic heterocycles. The number of carbonyl (C=O) groups is 1. The van der Waals surface area contributed by atoms with E-state index in [4.69, 9.17) is 0 Å². The number of amides is 2. The first-order chi connectivity index (χ1) is 13.0. The molecule has 0 fully saturated rings. The molecule has 3 aromatic rings. The van der Waals surface area contributed by atoms with E-state index < -0.39 is 6.55 Å². The monoisotopic (exact) mass is 375 g/mol. The minimum Gasteiger partial charge on any atom is -0.331 e. The van der Waals surface area contributed by atoms with Gasteiger partial charge in [0.05, 0.1) is 18.3 Å². The highest BCUT2D eigenvalue weighted by atomic mass is 19.3. The summed E-state index contributed by atoms with van der Waals surface area (Å²) in [6, 6.07) is 6.86. The van der Waals surface area contributed by atoms with Crippen LogP contribution in [0.4, 0.5) is 13.6 Å². The number of benzene rings is 1. The number of hydrogen-bond acceptors (Lipinski definition) is 4. The van der Waals surface area contributed by atoms with E-state index in [0.717, 1.165) is 15.8 Å². The Labute approximate surface area is 154 Å². The molecule has 0 radical (unpaired) electrons. The number of alkyl halides is 2. The zero-order chi connectivity index (χ0) is 19.4. The SMILES string of the molecule is CC(NC(=O)N(C)Cc1nccn1C(F)F)c1ccc(-n2cncn2)cc1. The molecular formula is C17H19F2N7O. The lowest BCUT2D eigenvalue weighted by molar-refractivity contribution is 0.0650. The molecule has 8 nitrogen and oxygen atoms in total. The molecular weight excluding hydrogens is 356 g/mol. The van der Waals surface area contributed by atoms with E-state index in [1.54, 1.807) is 11.0 Å². The first-order valence-corrected chi connectivity index (χ1v) is 8.22. The van der Waals surface area contributed by atoms with Crippen molar-refractivity contribution in [1.29, 1.82) is 0 Å². The van der Waals surface area contributed by atoms with Crippen LogP contribution in [0, 0.1) is 0 Å². The average molecular weight is 375 g/mol. The van der Waals surface area contributed by atoms with Crippen molar-refractivity contribution in [2.45, 2.75) is 26.1 Å². The van der Waals surface area contributed by atoms with Gasteiger partial charge < -0.3 is 10.2 Å². The molecule has 3 rings (SSSR count). The summed E-state index contributed by atoms with van der Waals surface area (Å²) in [6.07, 6.45) is 5.52. The lowest BCUT2D eigenvalue weighted by Gasteiger charge is -2.22. The molecule has 1 unspecified atom stereocenters. The number of imidazole rings is 1. The van der Waals surface area contributed by atoms with Crippen LogP contribution in [0.15, 0.2) is 49.3 Å². The van der Waals surface area contributed by atoms with Gasteiger partial charge in [-0.15, -0.1) is 0 Å². The third-order valence-electron chi connectivity index (χ3n) is 4.10. The predicted molar refractivity (Wildman–Crippen MR) is 93.3 cm³/mol. The van der Waals surface area contributed by atoms with E-state index >= 15 is 0 Å². The summed E-state index contributed by atoms with van der Waals surface area (Å²) < 4.78 is 28.1. The number of urea groups is 1. The Morgan fingerprint density at radius 3 is 2.67 bits per heavy atom. The Hall–Kier alpha value is -3.30. The molecule has 142 valence electrons. The van der Waals surface area contributed by atoms with Gasteiger partial charge in [0.15, 0.2) is 0 Å². The molecule has 2 aromatic heterocycles. The van der Waals surface area contributed by atoms with Crippen molar-refractivity contribution in [3.63, 3.8) is 0 Å². The second-order valence-corrected chi connectivity index (χ2v) is 5.99. The quantitative estimate of drug-likeness (QED) is 0.718. The summed E-state index contributed by atoms with van der Waals surface area (Å²) in [4.78, 5) is 21.4. The molecule has 0 bridgehead atoms. The highest BCUT2D eigenvalue weighted by Gasteiger charge is 2.18. The van der Waals surface area contributed by atoms with Crippen molar-refractivity contribution < 1.29 is 13.6 Å². The van der Waals surface area contributed by atoms with Gasteiger partial charge in [0.2, 0.25) is 0 Å². The summed E-state index contributed by atoms with van der Waals surface area (Å²) in [6.45, 7) is -0.876. The Kier molecular flexibility index (Phi) is 5.43. The van der Waals surface area contributed by atoms with Crippen LogP contribution in [0.25, 0.3) is 5.69 Å². The van der Waals surface area contributed by atoms with Crippen LogP contribution in [-0.2, 0) is 6.54 Å². The summed E-state index contributed by atoms with van der Waals surface area (Å²) in [5.74, 6) is 0.118. The van der Waals surface area contributed by atoms with Crippen molar-refractivity contribution >= 4 is 6.03 Å². The fraction of sp³-hybridized carbons (Fsp3) is 0.294. The summed E-state index contributed by atoms with van der Waals surface area (Å²) in [7, 11) is 1.53. The number of halogens is 2. The first-order valence-electron chi connectivity index (χ1n) is 8.22. The molecule has 0 spiro atoms. The van der Waals surface area contributed by atoms with Gasteiger partial charge in [-0.2, -0.15) is 13.9 Å². The Bertz CT molecular complexity index is 877. The Morgan fingerprint density at radius 1 is 1.30 bits per heavy atom. The number of rotatable bonds is 6. The van der Waals surface area contributed by atoms with Crippen molar-refractivity contribution in [2.75, 3.05) is 7.05 Å². The maximum atomic E-state index is 12.9. The molecule has 1 aromatic carbocycles. The highest BCUT2D eigenvalue weighted by Crippen LogP contribution is 2.16. The maximum Gasteiger partial charge on any atom is 0.319 e. The van der Waals surface area contributed by atoms with Crippen LogP contribution in [-0.4, -0.2) is 42.3 Å². The molecule has 27 heavy (non-hydrogen) atoms. The van der Waals surface area contributed by atoms with Gasteiger partial charge in [-0.05, 0) is 24.6 Å². The number of hydrogen-bond donors (Lipinski definition) is 1. The van der Waals surface area contributed by atoms with Gasteiger partial charge in [-0.3, -0.25) is 4.57 Å². The number of aromatic nitrogens is 5. The standard InChI is InChI=1S/C17H19F2N7O/c1-12(13-3-5-14(6-4-13)26-11-20-10-22-26)23-17(27)24(2)9-15-21-7-8-25(15)16(18)19/h3-8,10-12,16H,9H2,1-2H3,(H,23,27). The Balaban J connectivity index is 1.60. The fourth-order valence-electron chi connectivity index (χ4n) is 2.56. The first kappa shape index (κ1) is 18.5. The molecule has 0 aliphatic rings. The second kappa shape index (κ2) is 7.94. The van der Waals surface area contributed by atoms with Crippen LogP contribution in [0.2, 0.25) is 0 Å². The fourth-order valence-corrected chi connectivity index (χ4v) is 2.56. The van der Waals surface area contributed by atoms with E-state index in [-0.39, 0.29) is 24.4 Å². The normalized spacial score (nSPS) is 12.2. The molecule has 2 heterocycles. The molecule has 10 heteroatoms. The number of nitrogens with zero attached hydrogens (tertiary/aromatic N) is 6. The third kappa shape index (κ3) is 4.27. The molecule has 1 atom stereocenters. The van der Waals surface area contributed by atoms with E-state index in [9.17, 15) is 13.6 Å². The van der Waals surface area contributed by atoms with Gasteiger partial charge in [-0.1, -0.05) is 12.1 Å². The smallest absolute Gasteiger partial charge is 0.319 e. The van der Waals surface area contributed by atoms with Crippen LogP contribution in [0.1, 0.15) is 30.9 Å². The zero-order valence-electron chi connectivity index (χ0n) is 14.8. The second-order valence-electron chi connectivity index (χ2n) is 5.99.